The van der Waals surface area contributed by atoms with Crippen LogP contribution in [0.2, 0.25) is 0 Å². The molecule has 0 amide bonds. The maximum Gasteiger partial charge on any atom is 0.378 e. The molecule has 1 N–H and O–H groups in total. The summed E-state index contributed by atoms with van der Waals surface area (Å²) in [5.41, 5.74) is -1.83. The lowest BCUT2D eigenvalue weighted by Crippen LogP contribution is -2.39. The summed E-state index contributed by atoms with van der Waals surface area (Å²) >= 11 is 0. The Morgan fingerprint density at radius 1 is 1.50 bits per heavy atom. The predicted molar refractivity (Wildman–Crippen MR) is 33.1 cm³/mol. The van der Waals surface area contributed by atoms with Gasteiger partial charge in [0.25, 0.3) is 0 Å². The standard InChI is InChI=1S/C6H8O6/c1-2-6(9)3-4(7)10-12-11-5(6)8/h9H,2-3H2,1H3. The molecule has 0 aromatic rings. The van der Waals surface area contributed by atoms with E-state index in [1.807, 2.05) is 0 Å². The first-order chi connectivity index (χ1) is 5.58. The summed E-state index contributed by atoms with van der Waals surface area (Å²) < 4.78 is 0. The van der Waals surface area contributed by atoms with Gasteiger partial charge in [-0.25, -0.2) is 9.59 Å². The highest BCUT2D eigenvalue weighted by molar-refractivity contribution is 5.85. The Kier molecular flexibility index (Phi) is 2.30. The molecule has 0 radical (unpaired) electrons. The van der Waals surface area contributed by atoms with E-state index in [1.165, 1.54) is 0 Å². The number of carbonyl (C=O) groups excluding carboxylic acids is 2. The molecule has 0 spiro atoms. The molecule has 6 heteroatoms. The third kappa shape index (κ3) is 1.54. The van der Waals surface area contributed by atoms with Gasteiger partial charge in [0.05, 0.1) is 6.42 Å². The van der Waals surface area contributed by atoms with Crippen molar-refractivity contribution in [2.45, 2.75) is 25.4 Å². The highest BCUT2D eigenvalue weighted by Gasteiger charge is 2.42. The van der Waals surface area contributed by atoms with Crippen LogP contribution in [0, 0.1) is 0 Å². The first-order valence-corrected chi connectivity index (χ1v) is 3.39. The summed E-state index contributed by atoms with van der Waals surface area (Å²) in [5.74, 6) is -1.86. The van der Waals surface area contributed by atoms with Crippen LogP contribution in [0.1, 0.15) is 19.8 Å². The monoisotopic (exact) mass is 176 g/mol. The number of rotatable bonds is 1. The largest absolute Gasteiger partial charge is 0.378 e. The minimum Gasteiger partial charge on any atom is -0.378 e. The number of hydrogen-bond acceptors (Lipinski definition) is 6. The van der Waals surface area contributed by atoms with Crippen LogP contribution in [0.25, 0.3) is 0 Å². The Hall–Kier alpha value is -1.14. The highest BCUT2D eigenvalue weighted by atomic mass is 17.5. The molecule has 1 unspecified atom stereocenters. The Balaban J connectivity index is 2.80. The zero-order valence-corrected chi connectivity index (χ0v) is 6.40. The lowest BCUT2D eigenvalue weighted by atomic mass is 9.97. The molecule has 0 aromatic carbocycles. The van der Waals surface area contributed by atoms with E-state index in [0.717, 1.165) is 0 Å². The van der Waals surface area contributed by atoms with Crippen LogP contribution in [-0.4, -0.2) is 22.6 Å². The molecule has 1 aliphatic rings. The van der Waals surface area contributed by atoms with Crippen molar-refractivity contribution in [3.05, 3.63) is 0 Å². The second kappa shape index (κ2) is 3.08. The van der Waals surface area contributed by atoms with Gasteiger partial charge in [0.1, 0.15) is 0 Å². The molecule has 0 aliphatic carbocycles. The number of carbonyl (C=O) groups is 2. The zero-order chi connectivity index (χ0) is 9.19. The molecule has 6 nitrogen and oxygen atoms in total. The summed E-state index contributed by atoms with van der Waals surface area (Å²) in [5, 5.41) is 13.2. The summed E-state index contributed by atoms with van der Waals surface area (Å²) in [6, 6.07) is 0. The second-order valence-electron chi connectivity index (χ2n) is 2.46. The van der Waals surface area contributed by atoms with Crippen LogP contribution in [0.4, 0.5) is 0 Å². The quantitative estimate of drug-likeness (QED) is 0.540. The molecule has 1 fully saturated rings. The van der Waals surface area contributed by atoms with E-state index in [9.17, 15) is 14.7 Å². The van der Waals surface area contributed by atoms with E-state index in [4.69, 9.17) is 0 Å². The average molecular weight is 176 g/mol. The Morgan fingerprint density at radius 2 is 2.17 bits per heavy atom. The van der Waals surface area contributed by atoms with Gasteiger partial charge < -0.3 is 5.11 Å². The third-order valence-corrected chi connectivity index (χ3v) is 1.64. The summed E-state index contributed by atoms with van der Waals surface area (Å²) in [7, 11) is 0. The smallest absolute Gasteiger partial charge is 0.378 e. The Bertz CT molecular complexity index is 212. The van der Waals surface area contributed by atoms with Gasteiger partial charge in [0, 0.05) is 5.04 Å². The summed E-state index contributed by atoms with van der Waals surface area (Å²) in [6.45, 7) is 1.54. The van der Waals surface area contributed by atoms with Crippen LogP contribution in [-0.2, 0) is 24.4 Å². The molecule has 1 heterocycles. The van der Waals surface area contributed by atoms with Crippen LogP contribution in [0.5, 0.6) is 0 Å². The van der Waals surface area contributed by atoms with Crippen molar-refractivity contribution in [1.82, 2.24) is 0 Å². The molecule has 68 valence electrons. The van der Waals surface area contributed by atoms with Crippen molar-refractivity contribution in [1.29, 1.82) is 0 Å². The van der Waals surface area contributed by atoms with Gasteiger partial charge >= 0.3 is 11.9 Å². The second-order valence-corrected chi connectivity index (χ2v) is 2.46. The van der Waals surface area contributed by atoms with Crippen molar-refractivity contribution in [3.63, 3.8) is 0 Å². The van der Waals surface area contributed by atoms with Gasteiger partial charge in [-0.15, -0.1) is 0 Å². The molecule has 0 saturated carbocycles. The van der Waals surface area contributed by atoms with Gasteiger partial charge in [-0.2, -0.15) is 0 Å². The SMILES string of the molecule is CCC1(O)CC(=O)OOOC1=O. The molecule has 0 aromatic heterocycles. The minimum atomic E-state index is -1.83. The maximum absolute atomic E-state index is 10.9. The fourth-order valence-electron chi connectivity index (χ4n) is 0.773. The van der Waals surface area contributed by atoms with Crippen LogP contribution >= 0.6 is 0 Å². The minimum absolute atomic E-state index is 0.0598. The lowest BCUT2D eigenvalue weighted by Gasteiger charge is -2.16. The highest BCUT2D eigenvalue weighted by Crippen LogP contribution is 2.20. The van der Waals surface area contributed by atoms with Crippen LogP contribution < -0.4 is 0 Å². The van der Waals surface area contributed by atoms with Crippen molar-refractivity contribution < 1.29 is 29.5 Å². The lowest BCUT2D eigenvalue weighted by molar-refractivity contribution is -0.457. The zero-order valence-electron chi connectivity index (χ0n) is 6.40. The summed E-state index contributed by atoms with van der Waals surface area (Å²) in [6.07, 6.45) is -0.396. The van der Waals surface area contributed by atoms with Gasteiger partial charge in [-0.1, -0.05) is 6.92 Å². The Labute approximate surface area is 67.9 Å². The molecular formula is C6H8O6. The van der Waals surface area contributed by atoms with E-state index in [0.29, 0.717) is 0 Å². The van der Waals surface area contributed by atoms with Crippen LogP contribution in [0.15, 0.2) is 0 Å². The normalized spacial score (nSPS) is 30.5. The molecule has 0 bridgehead atoms. The first-order valence-electron chi connectivity index (χ1n) is 3.39. The average Bonchev–Trinajstić information content (AvgIpc) is 2.14. The van der Waals surface area contributed by atoms with E-state index in [2.05, 4.69) is 14.8 Å². The molecule has 1 atom stereocenters. The van der Waals surface area contributed by atoms with Crippen molar-refractivity contribution in [2.75, 3.05) is 0 Å². The molecule has 1 rings (SSSR count). The van der Waals surface area contributed by atoms with E-state index in [-0.39, 0.29) is 6.42 Å². The third-order valence-electron chi connectivity index (χ3n) is 1.64. The van der Waals surface area contributed by atoms with E-state index in [1.54, 1.807) is 6.92 Å². The van der Waals surface area contributed by atoms with Gasteiger partial charge in [0.2, 0.25) is 0 Å². The Morgan fingerprint density at radius 3 is 2.75 bits per heavy atom. The molecule has 1 saturated heterocycles. The molecule has 12 heavy (non-hydrogen) atoms. The van der Waals surface area contributed by atoms with Gasteiger partial charge in [0.15, 0.2) is 5.60 Å². The van der Waals surface area contributed by atoms with Crippen molar-refractivity contribution >= 4 is 11.9 Å². The fourth-order valence-corrected chi connectivity index (χ4v) is 0.773. The van der Waals surface area contributed by atoms with Gasteiger partial charge in [-0.05, 0) is 6.42 Å². The van der Waals surface area contributed by atoms with Crippen molar-refractivity contribution in [3.8, 4) is 0 Å². The fraction of sp³-hybridized carbons (Fsp3) is 0.667. The molecule has 1 aliphatic heterocycles. The number of aliphatic hydroxyl groups is 1. The first kappa shape index (κ1) is 8.95. The van der Waals surface area contributed by atoms with Crippen LogP contribution in [0.3, 0.4) is 0 Å². The summed E-state index contributed by atoms with van der Waals surface area (Å²) in [4.78, 5) is 29.4. The predicted octanol–water partition coefficient (Wildman–Crippen LogP) is -0.536. The van der Waals surface area contributed by atoms with E-state index >= 15 is 0 Å². The number of hydrogen-bond donors (Lipinski definition) is 1. The van der Waals surface area contributed by atoms with Crippen molar-refractivity contribution in [2.24, 2.45) is 0 Å². The topological polar surface area (TPSA) is 82.1 Å². The van der Waals surface area contributed by atoms with E-state index < -0.39 is 24.0 Å². The molecular weight excluding hydrogens is 168 g/mol. The van der Waals surface area contributed by atoms with Gasteiger partial charge in [-0.3, -0.25) is 9.78 Å². The maximum atomic E-state index is 10.9.